The number of nitrogens with zero attached hydrogens (tertiary/aromatic N) is 1. The fraction of sp³-hybridized carbons (Fsp3) is 0. The minimum absolute atomic E-state index is 0.411. The van der Waals surface area contributed by atoms with Crippen molar-refractivity contribution in [2.75, 3.05) is 5.32 Å². The van der Waals surface area contributed by atoms with Gasteiger partial charge in [0.05, 0.1) is 11.9 Å². The predicted octanol–water partition coefficient (Wildman–Crippen LogP) is -1.17. The number of nitrogens with one attached hydrogen (secondary N) is 2. The molecule has 0 aliphatic carbocycles. The zero-order chi connectivity index (χ0) is 8.27. The van der Waals surface area contributed by atoms with Gasteiger partial charge in [0.15, 0.2) is 0 Å². The number of carbonyl (C=O) groups is 2. The second-order valence-corrected chi connectivity index (χ2v) is 1.81. The lowest BCUT2D eigenvalue weighted by atomic mass is 10.5. The Morgan fingerprint density at radius 2 is 2.36 bits per heavy atom. The van der Waals surface area contributed by atoms with Crippen molar-refractivity contribution in [3.63, 3.8) is 0 Å². The Bertz CT molecular complexity index is 266. The molecule has 0 saturated carbocycles. The Hall–Kier alpha value is -1.85. The Morgan fingerprint density at radius 3 is 2.82 bits per heavy atom. The molecule has 11 heavy (non-hydrogen) atoms. The highest BCUT2D eigenvalue weighted by atomic mass is 16.2. The lowest BCUT2D eigenvalue weighted by Crippen LogP contribution is -2.29. The summed E-state index contributed by atoms with van der Waals surface area (Å²) in [5.41, 5.74) is 5.08. The van der Waals surface area contributed by atoms with E-state index in [2.05, 4.69) is 21.2 Å². The van der Waals surface area contributed by atoms with E-state index in [1.54, 1.807) is 0 Å². The van der Waals surface area contributed by atoms with Gasteiger partial charge in [-0.25, -0.2) is 0 Å². The van der Waals surface area contributed by atoms with Crippen LogP contribution in [0.2, 0.25) is 0 Å². The summed E-state index contributed by atoms with van der Waals surface area (Å²) < 4.78 is 0. The van der Waals surface area contributed by atoms with E-state index in [-0.39, 0.29) is 0 Å². The second-order valence-electron chi connectivity index (χ2n) is 1.81. The molecule has 1 rings (SSSR count). The summed E-state index contributed by atoms with van der Waals surface area (Å²) in [7, 11) is 0. The standard InChI is InChI=1S/C5H6N4O2/c6-4(10)5(11)9-3-1-7-8-2-3/h1-2H,(H2,6,10)(H,7,8)(H,9,11). The largest absolute Gasteiger partial charge is 0.361 e. The number of rotatable bonds is 1. The van der Waals surface area contributed by atoms with Crippen LogP contribution in [-0.4, -0.2) is 22.0 Å². The maximum Gasteiger partial charge on any atom is 0.313 e. The molecule has 0 fully saturated rings. The van der Waals surface area contributed by atoms with Gasteiger partial charge in [-0.15, -0.1) is 0 Å². The van der Waals surface area contributed by atoms with Crippen LogP contribution in [0.5, 0.6) is 0 Å². The van der Waals surface area contributed by atoms with Crippen LogP contribution in [-0.2, 0) is 9.59 Å². The van der Waals surface area contributed by atoms with Gasteiger partial charge in [-0.3, -0.25) is 14.7 Å². The second kappa shape index (κ2) is 2.82. The minimum Gasteiger partial charge on any atom is -0.361 e. The van der Waals surface area contributed by atoms with Crippen molar-refractivity contribution in [1.82, 2.24) is 10.2 Å². The van der Waals surface area contributed by atoms with Crippen LogP contribution in [0.25, 0.3) is 0 Å². The number of aromatic nitrogens is 2. The van der Waals surface area contributed by atoms with E-state index in [1.807, 2.05) is 0 Å². The maximum atomic E-state index is 10.6. The quantitative estimate of drug-likeness (QED) is 0.444. The van der Waals surface area contributed by atoms with Crippen molar-refractivity contribution >= 4 is 17.5 Å². The number of primary amides is 1. The molecule has 1 aromatic heterocycles. The lowest BCUT2D eigenvalue weighted by molar-refractivity contribution is -0.134. The zero-order valence-electron chi connectivity index (χ0n) is 5.50. The molecule has 0 aliphatic rings. The molecule has 0 unspecified atom stereocenters. The molecule has 0 aromatic carbocycles. The molecule has 4 N–H and O–H groups in total. The fourth-order valence-electron chi connectivity index (χ4n) is 0.512. The first-order valence-corrected chi connectivity index (χ1v) is 2.79. The molecule has 0 saturated heterocycles. The number of carbonyl (C=O) groups excluding carboxylic acids is 2. The van der Waals surface area contributed by atoms with Gasteiger partial charge in [-0.2, -0.15) is 5.10 Å². The number of hydrogen-bond donors (Lipinski definition) is 3. The third-order valence-corrected chi connectivity index (χ3v) is 0.980. The summed E-state index contributed by atoms with van der Waals surface area (Å²) in [5, 5.41) is 8.21. The molecule has 0 atom stereocenters. The van der Waals surface area contributed by atoms with Gasteiger partial charge in [0.1, 0.15) is 0 Å². The van der Waals surface area contributed by atoms with E-state index >= 15 is 0 Å². The lowest BCUT2D eigenvalue weighted by Gasteiger charge is -1.94. The Kier molecular flexibility index (Phi) is 1.86. The first kappa shape index (κ1) is 7.26. The van der Waals surface area contributed by atoms with Gasteiger partial charge in [0, 0.05) is 6.20 Å². The van der Waals surface area contributed by atoms with Gasteiger partial charge in [0.2, 0.25) is 0 Å². The molecule has 1 aromatic rings. The van der Waals surface area contributed by atoms with Crippen LogP contribution in [0.3, 0.4) is 0 Å². The van der Waals surface area contributed by atoms with E-state index in [0.717, 1.165) is 0 Å². The highest BCUT2D eigenvalue weighted by molar-refractivity contribution is 6.39. The van der Waals surface area contributed by atoms with Crippen molar-refractivity contribution in [3.8, 4) is 0 Å². The van der Waals surface area contributed by atoms with Crippen LogP contribution in [0.4, 0.5) is 5.69 Å². The average molecular weight is 154 g/mol. The Labute approximate surface area is 61.8 Å². The van der Waals surface area contributed by atoms with E-state index in [9.17, 15) is 9.59 Å². The van der Waals surface area contributed by atoms with Crippen molar-refractivity contribution in [1.29, 1.82) is 0 Å². The summed E-state index contributed by atoms with van der Waals surface area (Å²) in [6, 6.07) is 0. The van der Waals surface area contributed by atoms with Crippen molar-refractivity contribution in [2.45, 2.75) is 0 Å². The Balaban J connectivity index is 2.57. The molecule has 6 heteroatoms. The molecule has 6 nitrogen and oxygen atoms in total. The summed E-state index contributed by atoms with van der Waals surface area (Å²) in [5.74, 6) is -1.88. The summed E-state index contributed by atoms with van der Waals surface area (Å²) >= 11 is 0. The number of aromatic amines is 1. The first-order chi connectivity index (χ1) is 5.20. The summed E-state index contributed by atoms with van der Waals surface area (Å²) in [6.07, 6.45) is 2.79. The highest BCUT2D eigenvalue weighted by Crippen LogP contribution is 1.99. The van der Waals surface area contributed by atoms with Crippen LogP contribution in [0.1, 0.15) is 0 Å². The Morgan fingerprint density at radius 1 is 1.64 bits per heavy atom. The van der Waals surface area contributed by atoms with Crippen molar-refractivity contribution in [3.05, 3.63) is 12.4 Å². The molecule has 0 aliphatic heterocycles. The van der Waals surface area contributed by atoms with E-state index in [4.69, 9.17) is 0 Å². The number of amides is 2. The number of H-pyrrole nitrogens is 1. The predicted molar refractivity (Wildman–Crippen MR) is 36.4 cm³/mol. The van der Waals surface area contributed by atoms with Gasteiger partial charge >= 0.3 is 11.8 Å². The number of anilines is 1. The molecule has 58 valence electrons. The van der Waals surface area contributed by atoms with Gasteiger partial charge in [-0.1, -0.05) is 0 Å². The topological polar surface area (TPSA) is 101 Å². The van der Waals surface area contributed by atoms with Crippen molar-refractivity contribution < 1.29 is 9.59 Å². The maximum absolute atomic E-state index is 10.6. The average Bonchev–Trinajstić information content (AvgIpc) is 2.39. The highest BCUT2D eigenvalue weighted by Gasteiger charge is 2.08. The van der Waals surface area contributed by atoms with E-state index < -0.39 is 11.8 Å². The molecule has 2 amide bonds. The van der Waals surface area contributed by atoms with Gasteiger partial charge in [0.25, 0.3) is 0 Å². The monoisotopic (exact) mass is 154 g/mol. The fourth-order valence-corrected chi connectivity index (χ4v) is 0.512. The molecular weight excluding hydrogens is 148 g/mol. The number of hydrogen-bond acceptors (Lipinski definition) is 3. The normalized spacial score (nSPS) is 9.09. The minimum atomic E-state index is -1.02. The molecule has 0 spiro atoms. The SMILES string of the molecule is NC(=O)C(=O)Nc1cn[nH]c1. The smallest absolute Gasteiger partial charge is 0.313 e. The van der Waals surface area contributed by atoms with Crippen LogP contribution >= 0.6 is 0 Å². The first-order valence-electron chi connectivity index (χ1n) is 2.79. The molecular formula is C5H6N4O2. The third kappa shape index (κ3) is 1.78. The van der Waals surface area contributed by atoms with E-state index in [1.165, 1.54) is 12.4 Å². The summed E-state index contributed by atoms with van der Waals surface area (Å²) in [6.45, 7) is 0. The van der Waals surface area contributed by atoms with Crippen molar-refractivity contribution in [2.24, 2.45) is 5.73 Å². The van der Waals surface area contributed by atoms with E-state index in [0.29, 0.717) is 5.69 Å². The molecule has 0 radical (unpaired) electrons. The van der Waals surface area contributed by atoms with Crippen LogP contribution in [0.15, 0.2) is 12.4 Å². The molecule has 1 heterocycles. The third-order valence-electron chi connectivity index (χ3n) is 0.980. The van der Waals surface area contributed by atoms with Gasteiger partial charge in [-0.05, 0) is 0 Å². The van der Waals surface area contributed by atoms with Crippen LogP contribution in [0, 0.1) is 0 Å². The van der Waals surface area contributed by atoms with Crippen LogP contribution < -0.4 is 11.1 Å². The number of nitrogens with two attached hydrogens (primary N) is 1. The molecule has 0 bridgehead atoms. The summed E-state index contributed by atoms with van der Waals surface area (Å²) in [4.78, 5) is 20.8. The van der Waals surface area contributed by atoms with Gasteiger partial charge < -0.3 is 11.1 Å². The zero-order valence-corrected chi connectivity index (χ0v) is 5.50.